The van der Waals surface area contributed by atoms with E-state index in [1.807, 2.05) is 18.2 Å². The molecule has 1 aromatic carbocycles. The summed E-state index contributed by atoms with van der Waals surface area (Å²) in [7, 11) is 0. The number of hydrogen-bond donors (Lipinski definition) is 3. The average Bonchev–Trinajstić information content (AvgIpc) is 3.01. The zero-order valence-corrected chi connectivity index (χ0v) is 12.8. The van der Waals surface area contributed by atoms with E-state index in [4.69, 9.17) is 4.74 Å². The van der Waals surface area contributed by atoms with Gasteiger partial charge in [-0.15, -0.1) is 0 Å². The van der Waals surface area contributed by atoms with Gasteiger partial charge >= 0.3 is 6.03 Å². The number of aliphatic hydroxyl groups is 1. The van der Waals surface area contributed by atoms with Gasteiger partial charge in [-0.1, -0.05) is 25.3 Å². The molecule has 0 aromatic heterocycles. The predicted molar refractivity (Wildman–Crippen MR) is 84.0 cm³/mol. The number of urea groups is 1. The third-order valence-electron chi connectivity index (χ3n) is 4.49. The fourth-order valence-electron chi connectivity index (χ4n) is 3.20. The summed E-state index contributed by atoms with van der Waals surface area (Å²) >= 11 is 0. The summed E-state index contributed by atoms with van der Waals surface area (Å²) in [5.74, 6) is 0.902. The molecule has 2 amide bonds. The Morgan fingerprint density at radius 2 is 2.14 bits per heavy atom. The number of aliphatic hydroxyl groups excluding tert-OH is 1. The maximum Gasteiger partial charge on any atom is 0.315 e. The Morgan fingerprint density at radius 1 is 1.32 bits per heavy atom. The summed E-state index contributed by atoms with van der Waals surface area (Å²) in [6.07, 6.45) is 5.94. The van der Waals surface area contributed by atoms with E-state index in [-0.39, 0.29) is 18.6 Å². The minimum atomic E-state index is -0.692. The van der Waals surface area contributed by atoms with Gasteiger partial charge in [0.1, 0.15) is 5.75 Å². The lowest BCUT2D eigenvalue weighted by Crippen LogP contribution is -2.44. The summed E-state index contributed by atoms with van der Waals surface area (Å²) in [6.45, 7) is 0.926. The summed E-state index contributed by atoms with van der Waals surface area (Å²) in [4.78, 5) is 11.9. The van der Waals surface area contributed by atoms with E-state index in [2.05, 4.69) is 10.6 Å². The molecule has 120 valence electrons. The second kappa shape index (κ2) is 7.01. The quantitative estimate of drug-likeness (QED) is 0.799. The number of carbonyl (C=O) groups excluding carboxylic acids is 1. The number of fused-ring (bicyclic) bond motifs is 1. The number of rotatable bonds is 4. The van der Waals surface area contributed by atoms with Crippen molar-refractivity contribution in [3.05, 3.63) is 29.3 Å². The van der Waals surface area contributed by atoms with Crippen LogP contribution in [0.5, 0.6) is 5.75 Å². The number of amides is 2. The SMILES string of the molecule is O=C(NCC(O)c1ccc2c(c1)CCO2)NC1CCCCC1. The van der Waals surface area contributed by atoms with E-state index in [9.17, 15) is 9.90 Å². The van der Waals surface area contributed by atoms with Crippen molar-refractivity contribution in [3.63, 3.8) is 0 Å². The van der Waals surface area contributed by atoms with Crippen molar-refractivity contribution in [2.24, 2.45) is 0 Å². The molecule has 1 unspecified atom stereocenters. The Kier molecular flexibility index (Phi) is 4.83. The molecule has 1 aliphatic heterocycles. The van der Waals surface area contributed by atoms with Gasteiger partial charge in [0.2, 0.25) is 0 Å². The second-order valence-corrected chi connectivity index (χ2v) is 6.17. The monoisotopic (exact) mass is 304 g/mol. The largest absolute Gasteiger partial charge is 0.493 e. The van der Waals surface area contributed by atoms with Gasteiger partial charge in [-0.2, -0.15) is 0 Å². The van der Waals surface area contributed by atoms with Crippen LogP contribution in [-0.4, -0.2) is 30.3 Å². The van der Waals surface area contributed by atoms with E-state index in [0.29, 0.717) is 6.61 Å². The third-order valence-corrected chi connectivity index (χ3v) is 4.49. The zero-order valence-electron chi connectivity index (χ0n) is 12.8. The Hall–Kier alpha value is -1.75. The molecule has 5 heteroatoms. The Labute approximate surface area is 131 Å². The molecule has 1 heterocycles. The first-order valence-corrected chi connectivity index (χ1v) is 8.20. The molecule has 3 rings (SSSR count). The predicted octanol–water partition coefficient (Wildman–Crippen LogP) is 2.29. The van der Waals surface area contributed by atoms with Crippen LogP contribution in [-0.2, 0) is 6.42 Å². The molecule has 5 nitrogen and oxygen atoms in total. The summed E-state index contributed by atoms with van der Waals surface area (Å²) in [5, 5.41) is 16.0. The standard InChI is InChI=1S/C17H24N2O3/c20-15(12-6-7-16-13(10-12)8-9-22-16)11-18-17(21)19-14-4-2-1-3-5-14/h6-7,10,14-15,20H,1-5,8-9,11H2,(H2,18,19,21). The topological polar surface area (TPSA) is 70.6 Å². The average molecular weight is 304 g/mol. The molecule has 1 fully saturated rings. The molecule has 0 spiro atoms. The van der Waals surface area contributed by atoms with E-state index in [1.54, 1.807) is 0 Å². The molecule has 0 bridgehead atoms. The fourth-order valence-corrected chi connectivity index (χ4v) is 3.20. The lowest BCUT2D eigenvalue weighted by Gasteiger charge is -2.23. The smallest absolute Gasteiger partial charge is 0.315 e. The van der Waals surface area contributed by atoms with Crippen LogP contribution >= 0.6 is 0 Å². The first kappa shape index (κ1) is 15.2. The van der Waals surface area contributed by atoms with Gasteiger partial charge in [0.05, 0.1) is 12.7 Å². The molecular weight excluding hydrogens is 280 g/mol. The molecule has 1 aliphatic carbocycles. The number of carbonyl (C=O) groups is 1. The van der Waals surface area contributed by atoms with Gasteiger partial charge in [-0.25, -0.2) is 4.79 Å². The molecule has 22 heavy (non-hydrogen) atoms. The van der Waals surface area contributed by atoms with Gasteiger partial charge in [0, 0.05) is 19.0 Å². The van der Waals surface area contributed by atoms with E-state index >= 15 is 0 Å². The highest BCUT2D eigenvalue weighted by Crippen LogP contribution is 2.28. The highest BCUT2D eigenvalue weighted by molar-refractivity contribution is 5.74. The van der Waals surface area contributed by atoms with Crippen LogP contribution in [0.1, 0.15) is 49.3 Å². The minimum Gasteiger partial charge on any atom is -0.493 e. The van der Waals surface area contributed by atoms with Crippen molar-refractivity contribution in [3.8, 4) is 5.75 Å². The molecular formula is C17H24N2O3. The molecule has 1 saturated carbocycles. The van der Waals surface area contributed by atoms with Crippen LogP contribution in [0, 0.1) is 0 Å². The first-order valence-electron chi connectivity index (χ1n) is 8.20. The normalized spacial score (nSPS) is 19.1. The molecule has 1 atom stereocenters. The van der Waals surface area contributed by atoms with Crippen molar-refractivity contribution in [1.82, 2.24) is 10.6 Å². The highest BCUT2D eigenvalue weighted by Gasteiger charge is 2.18. The number of hydrogen-bond acceptors (Lipinski definition) is 3. The van der Waals surface area contributed by atoms with Gasteiger partial charge in [-0.05, 0) is 36.1 Å². The van der Waals surface area contributed by atoms with Crippen molar-refractivity contribution in [2.45, 2.75) is 50.7 Å². The van der Waals surface area contributed by atoms with Crippen LogP contribution in [0.4, 0.5) is 4.79 Å². The maximum absolute atomic E-state index is 11.9. The zero-order chi connectivity index (χ0) is 15.4. The van der Waals surface area contributed by atoms with Gasteiger partial charge < -0.3 is 20.5 Å². The molecule has 0 radical (unpaired) electrons. The van der Waals surface area contributed by atoms with Crippen molar-refractivity contribution in [2.75, 3.05) is 13.2 Å². The highest BCUT2D eigenvalue weighted by atomic mass is 16.5. The Morgan fingerprint density at radius 3 is 2.95 bits per heavy atom. The third kappa shape index (κ3) is 3.71. The van der Waals surface area contributed by atoms with Crippen molar-refractivity contribution < 1.29 is 14.6 Å². The van der Waals surface area contributed by atoms with Crippen LogP contribution < -0.4 is 15.4 Å². The minimum absolute atomic E-state index is 0.185. The Balaban J connectivity index is 1.47. The molecule has 3 N–H and O–H groups in total. The summed E-state index contributed by atoms with van der Waals surface area (Å²) in [6, 6.07) is 5.81. The van der Waals surface area contributed by atoms with E-state index in [0.717, 1.165) is 36.1 Å². The Bertz CT molecular complexity index is 527. The molecule has 2 aliphatic rings. The molecule has 1 aromatic rings. The van der Waals surface area contributed by atoms with Crippen molar-refractivity contribution >= 4 is 6.03 Å². The first-order chi connectivity index (χ1) is 10.7. The second-order valence-electron chi connectivity index (χ2n) is 6.17. The van der Waals surface area contributed by atoms with Crippen LogP contribution in [0.2, 0.25) is 0 Å². The van der Waals surface area contributed by atoms with Gasteiger partial charge in [-0.3, -0.25) is 0 Å². The van der Waals surface area contributed by atoms with E-state index in [1.165, 1.54) is 19.3 Å². The van der Waals surface area contributed by atoms with Gasteiger partial charge in [0.15, 0.2) is 0 Å². The van der Waals surface area contributed by atoms with Gasteiger partial charge in [0.25, 0.3) is 0 Å². The van der Waals surface area contributed by atoms with Crippen LogP contribution in [0.25, 0.3) is 0 Å². The van der Waals surface area contributed by atoms with Crippen LogP contribution in [0.15, 0.2) is 18.2 Å². The lowest BCUT2D eigenvalue weighted by molar-refractivity contribution is 0.172. The summed E-state index contributed by atoms with van der Waals surface area (Å²) in [5.41, 5.74) is 1.95. The lowest BCUT2D eigenvalue weighted by atomic mass is 9.96. The van der Waals surface area contributed by atoms with Crippen molar-refractivity contribution in [1.29, 1.82) is 0 Å². The number of benzene rings is 1. The molecule has 0 saturated heterocycles. The number of nitrogens with one attached hydrogen (secondary N) is 2. The fraction of sp³-hybridized carbons (Fsp3) is 0.588. The summed E-state index contributed by atoms with van der Waals surface area (Å²) < 4.78 is 5.45. The number of ether oxygens (including phenoxy) is 1. The maximum atomic E-state index is 11.9. The van der Waals surface area contributed by atoms with Crippen LogP contribution in [0.3, 0.4) is 0 Å². The van der Waals surface area contributed by atoms with E-state index < -0.39 is 6.10 Å².